The first-order chi connectivity index (χ1) is 6.11. The molecule has 0 aromatic heterocycles. The Balaban J connectivity index is 2.53. The van der Waals surface area contributed by atoms with Crippen LogP contribution in [0.25, 0.3) is 0 Å². The average Bonchev–Trinajstić information content (AvgIpc) is 2.07. The number of amides is 1. The summed E-state index contributed by atoms with van der Waals surface area (Å²) < 4.78 is 13.2. The highest BCUT2D eigenvalue weighted by Gasteiger charge is 2.19. The van der Waals surface area contributed by atoms with E-state index in [0.29, 0.717) is 13.0 Å². The zero-order valence-electron chi connectivity index (χ0n) is 7.31. The van der Waals surface area contributed by atoms with Crippen molar-refractivity contribution in [2.24, 2.45) is 5.92 Å². The van der Waals surface area contributed by atoms with Crippen molar-refractivity contribution in [1.82, 2.24) is 5.32 Å². The Morgan fingerprint density at radius 3 is 3.15 bits per heavy atom. The summed E-state index contributed by atoms with van der Waals surface area (Å²) in [6, 6.07) is 0. The Kier molecular flexibility index (Phi) is 3.48. The molecule has 0 aliphatic heterocycles. The predicted molar refractivity (Wildman–Crippen MR) is 49.9 cm³/mol. The molecule has 0 bridgehead atoms. The summed E-state index contributed by atoms with van der Waals surface area (Å²) in [6.45, 7) is 1.71. The molecule has 1 amide bonds. The van der Waals surface area contributed by atoms with Crippen LogP contribution in [-0.4, -0.2) is 12.5 Å². The van der Waals surface area contributed by atoms with Crippen molar-refractivity contribution in [2.75, 3.05) is 6.54 Å². The van der Waals surface area contributed by atoms with Crippen LogP contribution >= 0.6 is 11.6 Å². The lowest BCUT2D eigenvalue weighted by molar-refractivity contribution is -0.119. The predicted octanol–water partition coefficient (Wildman–Crippen LogP) is 2.12. The minimum atomic E-state index is -0.335. The Morgan fingerprint density at radius 2 is 2.54 bits per heavy atom. The van der Waals surface area contributed by atoms with E-state index < -0.39 is 0 Å². The second-order valence-electron chi connectivity index (χ2n) is 2.97. The molecule has 0 aromatic rings. The molecule has 0 radical (unpaired) electrons. The highest BCUT2D eigenvalue weighted by Crippen LogP contribution is 2.27. The van der Waals surface area contributed by atoms with E-state index in [9.17, 15) is 9.18 Å². The van der Waals surface area contributed by atoms with Gasteiger partial charge in [0.2, 0.25) is 5.91 Å². The molecule has 1 aliphatic carbocycles. The number of hydrogen-bond acceptors (Lipinski definition) is 1. The average molecular weight is 204 g/mol. The van der Waals surface area contributed by atoms with Gasteiger partial charge in [0.25, 0.3) is 0 Å². The summed E-state index contributed by atoms with van der Waals surface area (Å²) >= 11 is 5.58. The zero-order chi connectivity index (χ0) is 9.84. The van der Waals surface area contributed by atoms with Crippen molar-refractivity contribution < 1.29 is 9.18 Å². The molecule has 13 heavy (non-hydrogen) atoms. The Bertz CT molecular complexity index is 273. The van der Waals surface area contributed by atoms with E-state index in [4.69, 9.17) is 11.6 Å². The third-order valence-electron chi connectivity index (χ3n) is 1.87. The van der Waals surface area contributed by atoms with Crippen molar-refractivity contribution in [3.05, 3.63) is 23.0 Å². The monoisotopic (exact) mass is 203 g/mol. The number of hydrogen-bond donors (Lipinski definition) is 1. The standard InChI is InChI=1S/C9H11ClFNO/c1-6(13)12-5-7-3-2-4-8(10)9(7)11/h2,4,7H,3,5H2,1H3,(H,12,13). The highest BCUT2D eigenvalue weighted by atomic mass is 35.5. The van der Waals surface area contributed by atoms with E-state index in [-0.39, 0.29) is 22.7 Å². The Morgan fingerprint density at radius 1 is 1.85 bits per heavy atom. The van der Waals surface area contributed by atoms with Crippen LogP contribution in [-0.2, 0) is 4.79 Å². The molecular weight excluding hydrogens is 193 g/mol. The fraction of sp³-hybridized carbons (Fsp3) is 0.444. The van der Waals surface area contributed by atoms with Gasteiger partial charge in [-0.3, -0.25) is 4.79 Å². The van der Waals surface area contributed by atoms with Crippen molar-refractivity contribution >= 4 is 17.5 Å². The van der Waals surface area contributed by atoms with Crippen LogP contribution in [0.15, 0.2) is 23.0 Å². The van der Waals surface area contributed by atoms with Crippen LogP contribution in [0, 0.1) is 5.92 Å². The lowest BCUT2D eigenvalue weighted by atomic mass is 9.99. The summed E-state index contributed by atoms with van der Waals surface area (Å²) in [5.74, 6) is -0.794. The van der Waals surface area contributed by atoms with E-state index in [2.05, 4.69) is 5.32 Å². The number of halogens is 2. The van der Waals surface area contributed by atoms with Gasteiger partial charge in [0.05, 0.1) is 5.03 Å². The summed E-state index contributed by atoms with van der Waals surface area (Å²) in [6.07, 6.45) is 3.93. The van der Waals surface area contributed by atoms with Crippen molar-refractivity contribution in [3.63, 3.8) is 0 Å². The van der Waals surface area contributed by atoms with Gasteiger partial charge in [-0.1, -0.05) is 17.7 Å². The van der Waals surface area contributed by atoms with Crippen LogP contribution in [0.2, 0.25) is 0 Å². The maximum Gasteiger partial charge on any atom is 0.216 e. The number of nitrogens with one attached hydrogen (secondary N) is 1. The summed E-state index contributed by atoms with van der Waals surface area (Å²) in [5, 5.41) is 2.70. The van der Waals surface area contributed by atoms with Crippen LogP contribution in [0.4, 0.5) is 4.39 Å². The molecule has 0 aromatic carbocycles. The SMILES string of the molecule is CC(=O)NCC1CC=CC(Cl)=C1F. The molecule has 1 atom stereocenters. The maximum absolute atomic E-state index is 13.2. The van der Waals surface area contributed by atoms with Crippen LogP contribution in [0.1, 0.15) is 13.3 Å². The van der Waals surface area contributed by atoms with Crippen molar-refractivity contribution in [3.8, 4) is 0 Å². The van der Waals surface area contributed by atoms with Gasteiger partial charge in [0, 0.05) is 19.4 Å². The lowest BCUT2D eigenvalue weighted by Gasteiger charge is -2.17. The molecular formula is C9H11ClFNO. The molecule has 0 saturated carbocycles. The number of carbonyl (C=O) groups excluding carboxylic acids is 1. The highest BCUT2D eigenvalue weighted by molar-refractivity contribution is 6.31. The summed E-state index contributed by atoms with van der Waals surface area (Å²) in [4.78, 5) is 10.6. The second-order valence-corrected chi connectivity index (χ2v) is 3.38. The second kappa shape index (κ2) is 4.42. The minimum absolute atomic E-state index is 0.140. The van der Waals surface area contributed by atoms with Crippen LogP contribution < -0.4 is 5.32 Å². The van der Waals surface area contributed by atoms with Gasteiger partial charge in [-0.25, -0.2) is 4.39 Å². The zero-order valence-corrected chi connectivity index (χ0v) is 8.07. The summed E-state index contributed by atoms with van der Waals surface area (Å²) in [5.41, 5.74) is 0. The molecule has 0 saturated heterocycles. The lowest BCUT2D eigenvalue weighted by Crippen LogP contribution is -2.27. The van der Waals surface area contributed by atoms with Crippen molar-refractivity contribution in [1.29, 1.82) is 0 Å². The molecule has 1 rings (SSSR count). The topological polar surface area (TPSA) is 29.1 Å². The maximum atomic E-state index is 13.2. The fourth-order valence-corrected chi connectivity index (χ4v) is 1.40. The molecule has 72 valence electrons. The fourth-order valence-electron chi connectivity index (χ4n) is 1.15. The minimum Gasteiger partial charge on any atom is -0.356 e. The van der Waals surface area contributed by atoms with Crippen LogP contribution in [0.5, 0.6) is 0 Å². The van der Waals surface area contributed by atoms with E-state index in [0.717, 1.165) is 0 Å². The van der Waals surface area contributed by atoms with Gasteiger partial charge < -0.3 is 5.32 Å². The largest absolute Gasteiger partial charge is 0.356 e. The third kappa shape index (κ3) is 2.84. The van der Waals surface area contributed by atoms with E-state index in [1.165, 1.54) is 6.92 Å². The smallest absolute Gasteiger partial charge is 0.216 e. The third-order valence-corrected chi connectivity index (χ3v) is 2.18. The number of allylic oxidation sites excluding steroid dienone is 3. The molecule has 1 N–H and O–H groups in total. The van der Waals surface area contributed by atoms with Gasteiger partial charge in [0.15, 0.2) is 0 Å². The Labute approximate surface area is 81.5 Å². The molecule has 0 heterocycles. The van der Waals surface area contributed by atoms with E-state index >= 15 is 0 Å². The molecule has 1 unspecified atom stereocenters. The number of carbonyl (C=O) groups is 1. The van der Waals surface area contributed by atoms with Gasteiger partial charge in [-0.05, 0) is 12.5 Å². The van der Waals surface area contributed by atoms with E-state index in [1.807, 2.05) is 0 Å². The van der Waals surface area contributed by atoms with E-state index in [1.54, 1.807) is 12.2 Å². The van der Waals surface area contributed by atoms with Gasteiger partial charge in [-0.15, -0.1) is 0 Å². The van der Waals surface area contributed by atoms with Gasteiger partial charge in [0.1, 0.15) is 5.83 Å². The van der Waals surface area contributed by atoms with Crippen molar-refractivity contribution in [2.45, 2.75) is 13.3 Å². The first kappa shape index (κ1) is 10.3. The molecule has 4 heteroatoms. The molecule has 0 fully saturated rings. The summed E-state index contributed by atoms with van der Waals surface area (Å²) in [7, 11) is 0. The molecule has 1 aliphatic rings. The van der Waals surface area contributed by atoms with Crippen LogP contribution in [0.3, 0.4) is 0 Å². The molecule has 2 nitrogen and oxygen atoms in total. The molecule has 0 spiro atoms. The first-order valence-corrected chi connectivity index (χ1v) is 4.45. The number of rotatable bonds is 2. The van der Waals surface area contributed by atoms with Gasteiger partial charge >= 0.3 is 0 Å². The quantitative estimate of drug-likeness (QED) is 0.732. The normalized spacial score (nSPS) is 21.9. The first-order valence-electron chi connectivity index (χ1n) is 4.07. The Hall–Kier alpha value is -0.830. The van der Waals surface area contributed by atoms with Gasteiger partial charge in [-0.2, -0.15) is 0 Å².